The van der Waals surface area contributed by atoms with Gasteiger partial charge in [-0.25, -0.2) is 0 Å². The van der Waals surface area contributed by atoms with Crippen LogP contribution in [0, 0.1) is 11.3 Å². The number of hydrogen-bond donors (Lipinski definition) is 2. The minimum atomic E-state index is 0.695. The van der Waals surface area contributed by atoms with Crippen LogP contribution < -0.4 is 10.6 Å². The van der Waals surface area contributed by atoms with Crippen LogP contribution in [0.1, 0.15) is 46.0 Å². The molecule has 2 heteroatoms. The minimum absolute atomic E-state index is 0.695. The van der Waals surface area contributed by atoms with E-state index in [1.807, 2.05) is 0 Å². The van der Waals surface area contributed by atoms with Crippen LogP contribution in [0.3, 0.4) is 0 Å². The van der Waals surface area contributed by atoms with Crippen LogP contribution in [0.15, 0.2) is 0 Å². The fourth-order valence-corrected chi connectivity index (χ4v) is 2.72. The first kappa shape index (κ1) is 11.4. The van der Waals surface area contributed by atoms with E-state index in [1.165, 1.54) is 51.7 Å². The Morgan fingerprint density at radius 1 is 1.40 bits per heavy atom. The Hall–Kier alpha value is -0.0800. The van der Waals surface area contributed by atoms with Crippen molar-refractivity contribution in [2.75, 3.05) is 19.6 Å². The molecular weight excluding hydrogens is 184 g/mol. The molecule has 0 amide bonds. The van der Waals surface area contributed by atoms with Crippen molar-refractivity contribution in [3.63, 3.8) is 0 Å². The highest BCUT2D eigenvalue weighted by Crippen LogP contribution is 2.47. The summed E-state index contributed by atoms with van der Waals surface area (Å²) in [4.78, 5) is 0. The first-order valence-electron chi connectivity index (χ1n) is 6.68. The van der Waals surface area contributed by atoms with E-state index in [0.29, 0.717) is 5.41 Å². The topological polar surface area (TPSA) is 24.1 Å². The Morgan fingerprint density at radius 2 is 2.20 bits per heavy atom. The maximum Gasteiger partial charge on any atom is 0.0195 e. The number of hydrogen-bond acceptors (Lipinski definition) is 2. The highest BCUT2D eigenvalue weighted by atomic mass is 15.0. The molecule has 2 N–H and O–H groups in total. The lowest BCUT2D eigenvalue weighted by Crippen LogP contribution is -2.45. The van der Waals surface area contributed by atoms with Crippen LogP contribution in [0.2, 0.25) is 0 Å². The predicted octanol–water partition coefficient (Wildman–Crippen LogP) is 2.15. The lowest BCUT2D eigenvalue weighted by atomic mass is 9.94. The molecule has 2 fully saturated rings. The van der Waals surface area contributed by atoms with Crippen molar-refractivity contribution in [2.45, 2.75) is 52.0 Å². The molecule has 2 unspecified atom stereocenters. The summed E-state index contributed by atoms with van der Waals surface area (Å²) in [5.74, 6) is 0.916. The average molecular weight is 210 g/mol. The molecule has 0 radical (unpaired) electrons. The van der Waals surface area contributed by atoms with Crippen molar-refractivity contribution in [1.29, 1.82) is 0 Å². The molecule has 1 heterocycles. The molecule has 1 aliphatic carbocycles. The third kappa shape index (κ3) is 3.18. The summed E-state index contributed by atoms with van der Waals surface area (Å²) >= 11 is 0. The highest BCUT2D eigenvalue weighted by Gasteiger charge is 2.39. The van der Waals surface area contributed by atoms with Gasteiger partial charge in [0.15, 0.2) is 0 Å². The molecule has 2 aliphatic rings. The molecular formula is C13H26N2. The molecule has 1 aliphatic heterocycles. The zero-order valence-electron chi connectivity index (χ0n) is 10.3. The fourth-order valence-electron chi connectivity index (χ4n) is 2.72. The van der Waals surface area contributed by atoms with Crippen LogP contribution in [-0.2, 0) is 0 Å². The largest absolute Gasteiger partial charge is 0.315 e. The standard InChI is InChI=1S/C13H26N2/c1-3-13(5-6-13)10-14-9-12-8-11(2)4-7-15-12/h11-12,14-15H,3-10H2,1-2H3. The Morgan fingerprint density at radius 3 is 2.80 bits per heavy atom. The molecule has 2 atom stereocenters. The van der Waals surface area contributed by atoms with Crippen molar-refractivity contribution in [2.24, 2.45) is 11.3 Å². The Balaban J connectivity index is 1.61. The smallest absolute Gasteiger partial charge is 0.0195 e. The quantitative estimate of drug-likeness (QED) is 0.726. The second kappa shape index (κ2) is 4.84. The Labute approximate surface area is 94.2 Å². The molecule has 1 saturated heterocycles. The van der Waals surface area contributed by atoms with Crippen molar-refractivity contribution in [3.05, 3.63) is 0 Å². The van der Waals surface area contributed by atoms with E-state index >= 15 is 0 Å². The zero-order valence-corrected chi connectivity index (χ0v) is 10.3. The second-order valence-corrected chi connectivity index (χ2v) is 5.77. The van der Waals surface area contributed by atoms with Gasteiger partial charge in [-0.1, -0.05) is 13.8 Å². The van der Waals surface area contributed by atoms with Crippen LogP contribution in [0.4, 0.5) is 0 Å². The van der Waals surface area contributed by atoms with Gasteiger partial charge in [-0.3, -0.25) is 0 Å². The lowest BCUT2D eigenvalue weighted by Gasteiger charge is -2.29. The fraction of sp³-hybridized carbons (Fsp3) is 1.00. The van der Waals surface area contributed by atoms with Gasteiger partial charge in [0.25, 0.3) is 0 Å². The maximum absolute atomic E-state index is 3.67. The Kier molecular flexibility index (Phi) is 3.68. The zero-order chi connectivity index (χ0) is 10.7. The molecule has 0 aromatic carbocycles. The molecule has 2 rings (SSSR count). The molecule has 0 spiro atoms. The van der Waals surface area contributed by atoms with Crippen LogP contribution >= 0.6 is 0 Å². The summed E-state index contributed by atoms with van der Waals surface area (Å²) in [6.45, 7) is 8.34. The number of nitrogens with one attached hydrogen (secondary N) is 2. The minimum Gasteiger partial charge on any atom is -0.315 e. The average Bonchev–Trinajstić information content (AvgIpc) is 2.99. The van der Waals surface area contributed by atoms with E-state index in [9.17, 15) is 0 Å². The third-order valence-corrected chi connectivity index (χ3v) is 4.35. The van der Waals surface area contributed by atoms with Crippen LogP contribution in [-0.4, -0.2) is 25.7 Å². The van der Waals surface area contributed by atoms with Crippen LogP contribution in [0.25, 0.3) is 0 Å². The van der Waals surface area contributed by atoms with E-state index < -0.39 is 0 Å². The van der Waals surface area contributed by atoms with E-state index in [0.717, 1.165) is 12.0 Å². The SMILES string of the molecule is CCC1(CNCC2CC(C)CCN2)CC1. The van der Waals surface area contributed by atoms with Crippen molar-refractivity contribution >= 4 is 0 Å². The van der Waals surface area contributed by atoms with E-state index in [4.69, 9.17) is 0 Å². The summed E-state index contributed by atoms with van der Waals surface area (Å²) in [7, 11) is 0. The summed E-state index contributed by atoms with van der Waals surface area (Å²) in [5.41, 5.74) is 0.695. The molecule has 2 nitrogen and oxygen atoms in total. The molecule has 15 heavy (non-hydrogen) atoms. The maximum atomic E-state index is 3.67. The van der Waals surface area contributed by atoms with Gasteiger partial charge in [0.2, 0.25) is 0 Å². The van der Waals surface area contributed by atoms with E-state index in [-0.39, 0.29) is 0 Å². The lowest BCUT2D eigenvalue weighted by molar-refractivity contribution is 0.303. The van der Waals surface area contributed by atoms with E-state index in [2.05, 4.69) is 24.5 Å². The molecule has 0 aromatic rings. The third-order valence-electron chi connectivity index (χ3n) is 4.35. The Bertz CT molecular complexity index is 199. The van der Waals surface area contributed by atoms with Gasteiger partial charge in [-0.15, -0.1) is 0 Å². The van der Waals surface area contributed by atoms with Gasteiger partial charge < -0.3 is 10.6 Å². The van der Waals surface area contributed by atoms with Gasteiger partial charge in [-0.05, 0) is 50.0 Å². The number of piperidine rings is 1. The first-order chi connectivity index (χ1) is 7.24. The first-order valence-corrected chi connectivity index (χ1v) is 6.68. The summed E-state index contributed by atoms with van der Waals surface area (Å²) in [6.07, 6.45) is 6.96. The highest BCUT2D eigenvalue weighted by molar-refractivity contribution is 4.94. The van der Waals surface area contributed by atoms with Crippen molar-refractivity contribution < 1.29 is 0 Å². The van der Waals surface area contributed by atoms with Gasteiger partial charge >= 0.3 is 0 Å². The van der Waals surface area contributed by atoms with Gasteiger partial charge in [0.05, 0.1) is 0 Å². The monoisotopic (exact) mass is 210 g/mol. The summed E-state index contributed by atoms with van der Waals surface area (Å²) in [5, 5.41) is 7.28. The van der Waals surface area contributed by atoms with Gasteiger partial charge in [0.1, 0.15) is 0 Å². The summed E-state index contributed by atoms with van der Waals surface area (Å²) < 4.78 is 0. The normalized spacial score (nSPS) is 34.0. The van der Waals surface area contributed by atoms with E-state index in [1.54, 1.807) is 0 Å². The van der Waals surface area contributed by atoms with Gasteiger partial charge in [0, 0.05) is 19.1 Å². The molecule has 0 bridgehead atoms. The molecule has 0 aromatic heterocycles. The second-order valence-electron chi connectivity index (χ2n) is 5.77. The van der Waals surface area contributed by atoms with Crippen molar-refractivity contribution in [3.8, 4) is 0 Å². The molecule has 1 saturated carbocycles. The van der Waals surface area contributed by atoms with Gasteiger partial charge in [-0.2, -0.15) is 0 Å². The van der Waals surface area contributed by atoms with Crippen LogP contribution in [0.5, 0.6) is 0 Å². The molecule has 88 valence electrons. The van der Waals surface area contributed by atoms with Crippen molar-refractivity contribution in [1.82, 2.24) is 10.6 Å². The number of rotatable bonds is 5. The summed E-state index contributed by atoms with van der Waals surface area (Å²) in [6, 6.07) is 0.724. The predicted molar refractivity (Wildman–Crippen MR) is 65.0 cm³/mol.